The molecular weight excluding hydrogens is 292 g/mol. The predicted octanol–water partition coefficient (Wildman–Crippen LogP) is 0.427. The fraction of sp³-hybridized carbons (Fsp3) is 0.929. The summed E-state index contributed by atoms with van der Waals surface area (Å²) in [5.41, 5.74) is 0. The maximum absolute atomic E-state index is 12.3. The van der Waals surface area contributed by atoms with Crippen LogP contribution in [-0.4, -0.2) is 69.6 Å². The van der Waals surface area contributed by atoms with Gasteiger partial charge in [-0.25, -0.2) is 8.42 Å². The van der Waals surface area contributed by atoms with Gasteiger partial charge in [0.15, 0.2) is 9.84 Å². The third-order valence-electron chi connectivity index (χ3n) is 3.63. The van der Waals surface area contributed by atoms with Gasteiger partial charge in [-0.3, -0.25) is 4.79 Å². The van der Waals surface area contributed by atoms with Gasteiger partial charge in [-0.2, -0.15) is 0 Å². The van der Waals surface area contributed by atoms with E-state index in [1.165, 1.54) is 0 Å². The Bertz CT molecular complexity index is 423. The lowest BCUT2D eigenvalue weighted by atomic mass is 10.2. The lowest BCUT2D eigenvalue weighted by Gasteiger charge is -2.28. The summed E-state index contributed by atoms with van der Waals surface area (Å²) in [4.78, 5) is 14.0. The van der Waals surface area contributed by atoms with Crippen molar-refractivity contribution in [1.82, 2.24) is 10.2 Å². The average Bonchev–Trinajstić information content (AvgIpc) is 2.75. The Morgan fingerprint density at radius 3 is 2.67 bits per heavy atom. The summed E-state index contributed by atoms with van der Waals surface area (Å²) in [6.07, 6.45) is 1.75. The Hall–Kier alpha value is -0.660. The molecule has 0 aromatic heterocycles. The molecule has 0 radical (unpaired) electrons. The molecule has 7 heteroatoms. The summed E-state index contributed by atoms with van der Waals surface area (Å²) in [6, 6.07) is 0.223. The third kappa shape index (κ3) is 6.76. The third-order valence-corrected chi connectivity index (χ3v) is 5.38. The SMILES string of the molecule is COCCN(C(=O)CCCNC(C)C)C1CCS(=O)(=O)C1. The van der Waals surface area contributed by atoms with E-state index in [4.69, 9.17) is 4.74 Å². The quantitative estimate of drug-likeness (QED) is 0.623. The summed E-state index contributed by atoms with van der Waals surface area (Å²) < 4.78 is 28.2. The molecule has 1 amide bonds. The highest BCUT2D eigenvalue weighted by molar-refractivity contribution is 7.91. The van der Waals surface area contributed by atoms with Gasteiger partial charge in [-0.05, 0) is 19.4 Å². The molecule has 1 rings (SSSR count). The van der Waals surface area contributed by atoms with Crippen LogP contribution in [0.5, 0.6) is 0 Å². The van der Waals surface area contributed by atoms with Crippen LogP contribution >= 0.6 is 0 Å². The summed E-state index contributed by atoms with van der Waals surface area (Å²) >= 11 is 0. The topological polar surface area (TPSA) is 75.7 Å². The highest BCUT2D eigenvalue weighted by atomic mass is 32.2. The summed E-state index contributed by atoms with van der Waals surface area (Å²) in [6.45, 7) is 5.83. The van der Waals surface area contributed by atoms with Gasteiger partial charge < -0.3 is 15.0 Å². The fourth-order valence-electron chi connectivity index (χ4n) is 2.50. The van der Waals surface area contributed by atoms with E-state index in [2.05, 4.69) is 19.2 Å². The van der Waals surface area contributed by atoms with Crippen molar-refractivity contribution in [2.45, 2.75) is 45.2 Å². The lowest BCUT2D eigenvalue weighted by molar-refractivity contribution is -0.133. The first-order valence-corrected chi connectivity index (χ1v) is 9.40. The van der Waals surface area contributed by atoms with Crippen LogP contribution in [0.15, 0.2) is 0 Å². The monoisotopic (exact) mass is 320 g/mol. The minimum Gasteiger partial charge on any atom is -0.383 e. The molecule has 1 fully saturated rings. The lowest BCUT2D eigenvalue weighted by Crippen LogP contribution is -2.43. The van der Waals surface area contributed by atoms with Crippen molar-refractivity contribution in [2.24, 2.45) is 0 Å². The van der Waals surface area contributed by atoms with Gasteiger partial charge in [0.25, 0.3) is 0 Å². The van der Waals surface area contributed by atoms with E-state index in [1.54, 1.807) is 12.0 Å². The Morgan fingerprint density at radius 1 is 1.43 bits per heavy atom. The standard InChI is InChI=1S/C14H28N2O4S/c1-12(2)15-7-4-5-14(17)16(8-9-20-3)13-6-10-21(18,19)11-13/h12-13,15H,4-11H2,1-3H3. The van der Waals surface area contributed by atoms with Crippen molar-refractivity contribution >= 4 is 15.7 Å². The van der Waals surface area contributed by atoms with E-state index in [1.807, 2.05) is 0 Å². The molecule has 1 saturated heterocycles. The van der Waals surface area contributed by atoms with Crippen LogP contribution in [0.3, 0.4) is 0 Å². The molecule has 21 heavy (non-hydrogen) atoms. The molecule has 1 aliphatic rings. The molecule has 0 spiro atoms. The van der Waals surface area contributed by atoms with E-state index in [-0.39, 0.29) is 23.5 Å². The van der Waals surface area contributed by atoms with Crippen LogP contribution in [0.4, 0.5) is 0 Å². The van der Waals surface area contributed by atoms with Gasteiger partial charge >= 0.3 is 0 Å². The molecular formula is C14H28N2O4S. The first kappa shape index (κ1) is 18.4. The fourth-order valence-corrected chi connectivity index (χ4v) is 4.23. The number of nitrogens with zero attached hydrogens (tertiary/aromatic N) is 1. The highest BCUT2D eigenvalue weighted by Crippen LogP contribution is 2.18. The predicted molar refractivity (Wildman–Crippen MR) is 83.0 cm³/mol. The Morgan fingerprint density at radius 2 is 2.14 bits per heavy atom. The number of rotatable bonds is 9. The molecule has 1 heterocycles. The van der Waals surface area contributed by atoms with E-state index in [0.29, 0.717) is 32.0 Å². The van der Waals surface area contributed by atoms with Crippen LogP contribution in [0.2, 0.25) is 0 Å². The number of hydrogen-bond donors (Lipinski definition) is 1. The van der Waals surface area contributed by atoms with Crippen LogP contribution in [0.1, 0.15) is 33.1 Å². The number of ether oxygens (including phenoxy) is 1. The van der Waals surface area contributed by atoms with Crippen LogP contribution < -0.4 is 5.32 Å². The van der Waals surface area contributed by atoms with Gasteiger partial charge in [-0.15, -0.1) is 0 Å². The van der Waals surface area contributed by atoms with Crippen molar-refractivity contribution < 1.29 is 17.9 Å². The van der Waals surface area contributed by atoms with Gasteiger partial charge in [0, 0.05) is 32.2 Å². The van der Waals surface area contributed by atoms with Crippen LogP contribution in [0, 0.1) is 0 Å². The van der Waals surface area contributed by atoms with E-state index < -0.39 is 9.84 Å². The zero-order valence-electron chi connectivity index (χ0n) is 13.3. The molecule has 1 aliphatic heterocycles. The molecule has 124 valence electrons. The second-order valence-corrected chi connectivity index (χ2v) is 8.08. The number of methoxy groups -OCH3 is 1. The number of hydrogen-bond acceptors (Lipinski definition) is 5. The van der Waals surface area contributed by atoms with Crippen LogP contribution in [0.25, 0.3) is 0 Å². The molecule has 6 nitrogen and oxygen atoms in total. The maximum atomic E-state index is 12.3. The normalized spacial score (nSPS) is 20.9. The van der Waals surface area contributed by atoms with E-state index in [0.717, 1.165) is 13.0 Å². The first-order valence-electron chi connectivity index (χ1n) is 7.58. The minimum atomic E-state index is -2.98. The molecule has 0 bridgehead atoms. The van der Waals surface area contributed by atoms with Gasteiger partial charge in [0.05, 0.1) is 18.1 Å². The molecule has 1 N–H and O–H groups in total. The van der Waals surface area contributed by atoms with Crippen molar-refractivity contribution in [3.05, 3.63) is 0 Å². The second-order valence-electron chi connectivity index (χ2n) is 5.85. The van der Waals surface area contributed by atoms with Crippen molar-refractivity contribution in [3.63, 3.8) is 0 Å². The number of carbonyl (C=O) groups is 1. The zero-order chi connectivity index (χ0) is 15.9. The highest BCUT2D eigenvalue weighted by Gasteiger charge is 2.34. The van der Waals surface area contributed by atoms with Gasteiger partial charge in [0.1, 0.15) is 0 Å². The maximum Gasteiger partial charge on any atom is 0.222 e. The largest absolute Gasteiger partial charge is 0.383 e. The van der Waals surface area contributed by atoms with Crippen molar-refractivity contribution in [2.75, 3.05) is 38.3 Å². The van der Waals surface area contributed by atoms with Gasteiger partial charge in [0.2, 0.25) is 5.91 Å². The number of nitrogens with one attached hydrogen (secondary N) is 1. The van der Waals surface area contributed by atoms with E-state index in [9.17, 15) is 13.2 Å². The second kappa shape index (κ2) is 8.70. The Labute approximate surface area is 128 Å². The van der Waals surface area contributed by atoms with E-state index >= 15 is 0 Å². The molecule has 0 aromatic carbocycles. The minimum absolute atomic E-state index is 0.0275. The van der Waals surface area contributed by atoms with Crippen molar-refractivity contribution in [3.8, 4) is 0 Å². The summed E-state index contributed by atoms with van der Waals surface area (Å²) in [5, 5.41) is 3.27. The molecule has 0 saturated carbocycles. The Balaban J connectivity index is 2.50. The number of carbonyl (C=O) groups excluding carboxylic acids is 1. The Kier molecular flexibility index (Phi) is 7.62. The first-order chi connectivity index (χ1) is 9.85. The number of sulfone groups is 1. The molecule has 1 unspecified atom stereocenters. The summed E-state index contributed by atoms with van der Waals surface area (Å²) in [7, 11) is -1.40. The molecule has 0 aliphatic carbocycles. The van der Waals surface area contributed by atoms with Crippen molar-refractivity contribution in [1.29, 1.82) is 0 Å². The zero-order valence-corrected chi connectivity index (χ0v) is 14.1. The molecule has 0 aromatic rings. The smallest absolute Gasteiger partial charge is 0.222 e. The number of amides is 1. The van der Waals surface area contributed by atoms with Gasteiger partial charge in [-0.1, -0.05) is 13.8 Å². The average molecular weight is 320 g/mol. The molecule has 1 atom stereocenters. The van der Waals surface area contributed by atoms with Crippen LogP contribution in [-0.2, 0) is 19.4 Å². The summed E-state index contributed by atoms with van der Waals surface area (Å²) in [5.74, 6) is 0.301.